The van der Waals surface area contributed by atoms with Gasteiger partial charge in [-0.2, -0.15) is 15.0 Å². The lowest BCUT2D eigenvalue weighted by Gasteiger charge is -2.22. The van der Waals surface area contributed by atoms with Crippen LogP contribution in [0.4, 0.5) is 40.6 Å². The molecule has 10 nitrogen and oxygen atoms in total. The fourth-order valence-corrected chi connectivity index (χ4v) is 5.10. The van der Waals surface area contributed by atoms with E-state index < -0.39 is 5.97 Å². The van der Waals surface area contributed by atoms with Gasteiger partial charge in [-0.3, -0.25) is 4.79 Å². The van der Waals surface area contributed by atoms with Gasteiger partial charge in [0.1, 0.15) is 5.75 Å². The highest BCUT2D eigenvalue weighted by molar-refractivity contribution is 5.73. The summed E-state index contributed by atoms with van der Waals surface area (Å²) < 4.78 is 5.43. The molecule has 49 heavy (non-hydrogen) atoms. The Balaban J connectivity index is 1.20. The Labute approximate surface area is 285 Å². The molecule has 6 rings (SSSR count). The molecule has 10 heteroatoms. The summed E-state index contributed by atoms with van der Waals surface area (Å²) in [5.41, 5.74) is 6.90. The molecule has 0 aliphatic rings. The average molecular weight is 652 g/mol. The van der Waals surface area contributed by atoms with Crippen molar-refractivity contribution >= 4 is 46.6 Å². The molecule has 3 N–H and O–H groups in total. The van der Waals surface area contributed by atoms with E-state index in [1.807, 2.05) is 109 Å². The van der Waals surface area contributed by atoms with E-state index in [2.05, 4.69) is 44.9 Å². The zero-order chi connectivity index (χ0) is 34.0. The lowest BCUT2D eigenvalue weighted by Crippen LogP contribution is -2.21. The van der Waals surface area contributed by atoms with Crippen LogP contribution in [0.1, 0.15) is 16.7 Å². The molecule has 0 fully saturated rings. The summed E-state index contributed by atoms with van der Waals surface area (Å²) in [7, 11) is 3.79. The van der Waals surface area contributed by atoms with Crippen LogP contribution in [0.25, 0.3) is 0 Å². The third-order valence-electron chi connectivity index (χ3n) is 7.85. The smallest absolute Gasteiger partial charge is 0.311 e. The summed E-state index contributed by atoms with van der Waals surface area (Å²) in [6, 6.07) is 43.0. The second-order valence-corrected chi connectivity index (χ2v) is 11.4. The number of hydrogen-bond acceptors (Lipinski definition) is 10. The van der Waals surface area contributed by atoms with Gasteiger partial charge in [-0.15, -0.1) is 0 Å². The molecule has 0 spiro atoms. The number of para-hydroxylation sites is 1. The fraction of sp³-hybridized carbons (Fsp3) is 0.128. The third kappa shape index (κ3) is 8.89. The lowest BCUT2D eigenvalue weighted by atomic mass is 10.0. The van der Waals surface area contributed by atoms with Crippen LogP contribution in [0.15, 0.2) is 133 Å². The predicted octanol–water partition coefficient (Wildman–Crippen LogP) is 7.60. The summed E-state index contributed by atoms with van der Waals surface area (Å²) in [6.45, 7) is -0.138. The Hall–Kier alpha value is -6.42. The number of anilines is 7. The topological polar surface area (TPSA) is 116 Å². The number of carbonyl (C=O) groups is 1. The standard InChI is InChI=1S/C39H37N7O3/c1-45(33-19-13-29(14-20-33)25-28-9-5-3-6-10-28)38-42-37(40-27-49-36(48)26-30-15-23-35(47)24-16-30)43-39(44-38)46(2)34-21-17-32(18-22-34)41-31-11-7-4-8-12-31/h3-24,41,47H,25-27H2,1-2H3,(H,40,42,43,44). The van der Waals surface area contributed by atoms with Gasteiger partial charge in [0.05, 0.1) is 6.42 Å². The first-order valence-electron chi connectivity index (χ1n) is 15.9. The van der Waals surface area contributed by atoms with Crippen LogP contribution in [0.5, 0.6) is 5.75 Å². The van der Waals surface area contributed by atoms with Gasteiger partial charge in [0, 0.05) is 36.8 Å². The molecule has 0 unspecified atom stereocenters. The van der Waals surface area contributed by atoms with E-state index in [-0.39, 0.29) is 24.8 Å². The molecule has 0 aliphatic heterocycles. The van der Waals surface area contributed by atoms with E-state index in [4.69, 9.17) is 9.72 Å². The highest BCUT2D eigenvalue weighted by Gasteiger charge is 2.17. The Morgan fingerprint density at radius 1 is 0.633 bits per heavy atom. The number of nitrogens with one attached hydrogen (secondary N) is 2. The Morgan fingerprint density at radius 3 is 1.76 bits per heavy atom. The number of ether oxygens (including phenoxy) is 1. The van der Waals surface area contributed by atoms with E-state index in [1.165, 1.54) is 23.3 Å². The molecule has 0 saturated heterocycles. The predicted molar refractivity (Wildman–Crippen MR) is 194 cm³/mol. The lowest BCUT2D eigenvalue weighted by molar-refractivity contribution is -0.142. The number of esters is 1. The maximum Gasteiger partial charge on any atom is 0.311 e. The first-order chi connectivity index (χ1) is 23.9. The minimum Gasteiger partial charge on any atom is -0.508 e. The van der Waals surface area contributed by atoms with Crippen LogP contribution in [0.2, 0.25) is 0 Å². The number of hydrogen-bond donors (Lipinski definition) is 3. The number of nitrogens with zero attached hydrogens (tertiary/aromatic N) is 5. The monoisotopic (exact) mass is 651 g/mol. The summed E-state index contributed by atoms with van der Waals surface area (Å²) in [5, 5.41) is 15.9. The van der Waals surface area contributed by atoms with E-state index in [0.717, 1.165) is 34.7 Å². The number of phenolic OH excluding ortho intramolecular Hbond substituents is 1. The first kappa shape index (κ1) is 32.5. The Bertz CT molecular complexity index is 1850. The zero-order valence-electron chi connectivity index (χ0n) is 27.3. The first-order valence-corrected chi connectivity index (χ1v) is 15.9. The minimum absolute atomic E-state index is 0.0660. The number of carbonyl (C=O) groups excluding carboxylic acids is 1. The van der Waals surface area contributed by atoms with E-state index >= 15 is 0 Å². The maximum atomic E-state index is 12.5. The highest BCUT2D eigenvalue weighted by Crippen LogP contribution is 2.28. The van der Waals surface area contributed by atoms with Crippen LogP contribution < -0.4 is 20.4 Å². The van der Waals surface area contributed by atoms with Crippen LogP contribution in [-0.2, 0) is 22.4 Å². The molecule has 1 aromatic heterocycles. The quantitative estimate of drug-likeness (QED) is 0.0852. The molecule has 0 saturated carbocycles. The van der Waals surface area contributed by atoms with Crippen molar-refractivity contribution in [3.63, 3.8) is 0 Å². The zero-order valence-corrected chi connectivity index (χ0v) is 27.3. The number of aromatic hydroxyl groups is 1. The minimum atomic E-state index is -0.429. The van der Waals surface area contributed by atoms with Gasteiger partial charge in [0.15, 0.2) is 6.73 Å². The summed E-state index contributed by atoms with van der Waals surface area (Å²) >= 11 is 0. The van der Waals surface area contributed by atoms with Crippen LogP contribution >= 0.6 is 0 Å². The maximum absolute atomic E-state index is 12.5. The SMILES string of the molecule is CN(c1ccc(Cc2ccccc2)cc1)c1nc(NCOC(=O)Cc2ccc(O)cc2)nc(N(C)c2ccc(Nc3ccccc3)cc2)n1. The molecule has 0 radical (unpaired) electrons. The van der Waals surface area contributed by atoms with Crippen LogP contribution in [0.3, 0.4) is 0 Å². The van der Waals surface area contributed by atoms with Crippen molar-refractivity contribution in [1.82, 2.24) is 15.0 Å². The Morgan fingerprint density at radius 2 is 1.14 bits per heavy atom. The average Bonchev–Trinajstić information content (AvgIpc) is 3.13. The van der Waals surface area contributed by atoms with Gasteiger partial charge in [0.2, 0.25) is 17.8 Å². The number of phenols is 1. The van der Waals surface area contributed by atoms with Crippen molar-refractivity contribution in [2.24, 2.45) is 0 Å². The van der Waals surface area contributed by atoms with Crippen LogP contribution in [-0.4, -0.2) is 46.9 Å². The van der Waals surface area contributed by atoms with Crippen molar-refractivity contribution in [2.75, 3.05) is 41.3 Å². The van der Waals surface area contributed by atoms with Crippen molar-refractivity contribution in [3.8, 4) is 5.75 Å². The normalized spacial score (nSPS) is 10.7. The molecule has 0 amide bonds. The molecule has 246 valence electrons. The van der Waals surface area contributed by atoms with E-state index in [1.54, 1.807) is 12.1 Å². The summed E-state index contributed by atoms with van der Waals surface area (Å²) in [4.78, 5) is 30.4. The van der Waals surface area contributed by atoms with Gasteiger partial charge in [-0.25, -0.2) is 0 Å². The number of aromatic nitrogens is 3. The Kier molecular flexibility index (Phi) is 10.3. The van der Waals surface area contributed by atoms with Crippen molar-refractivity contribution in [3.05, 3.63) is 150 Å². The van der Waals surface area contributed by atoms with Gasteiger partial charge in [-0.1, -0.05) is 72.8 Å². The van der Waals surface area contributed by atoms with Gasteiger partial charge in [-0.05, 0) is 83.8 Å². The van der Waals surface area contributed by atoms with E-state index in [0.29, 0.717) is 11.9 Å². The molecule has 0 aliphatic carbocycles. The van der Waals surface area contributed by atoms with Crippen molar-refractivity contribution in [1.29, 1.82) is 0 Å². The molecule has 6 aromatic rings. The second kappa shape index (κ2) is 15.4. The molecule has 1 heterocycles. The van der Waals surface area contributed by atoms with Crippen molar-refractivity contribution in [2.45, 2.75) is 12.8 Å². The van der Waals surface area contributed by atoms with Gasteiger partial charge < -0.3 is 30.3 Å². The molecule has 0 bridgehead atoms. The molecular formula is C39H37N7O3. The summed E-state index contributed by atoms with van der Waals surface area (Å²) in [6.07, 6.45) is 0.904. The molecule has 0 atom stereocenters. The molecule has 5 aromatic carbocycles. The van der Waals surface area contributed by atoms with Crippen LogP contribution in [0, 0.1) is 0 Å². The highest BCUT2D eigenvalue weighted by atomic mass is 16.5. The number of rotatable bonds is 13. The van der Waals surface area contributed by atoms with Gasteiger partial charge in [0.25, 0.3) is 0 Å². The second-order valence-electron chi connectivity index (χ2n) is 11.4. The molecular weight excluding hydrogens is 614 g/mol. The van der Waals surface area contributed by atoms with Crippen molar-refractivity contribution < 1.29 is 14.6 Å². The summed E-state index contributed by atoms with van der Waals surface area (Å²) in [5.74, 6) is 0.770. The largest absolute Gasteiger partial charge is 0.508 e. The third-order valence-corrected chi connectivity index (χ3v) is 7.85. The van der Waals surface area contributed by atoms with Gasteiger partial charge >= 0.3 is 5.97 Å². The fourth-order valence-electron chi connectivity index (χ4n) is 5.10. The van der Waals surface area contributed by atoms with E-state index in [9.17, 15) is 9.90 Å². The number of benzene rings is 5.